The SMILES string of the molecule is CCCC(CCCCCCOC1CCCCO1)N(CCOC(C)=O)C(=O)OC(C)(C)C. The van der Waals surface area contributed by atoms with E-state index in [4.69, 9.17) is 18.9 Å². The van der Waals surface area contributed by atoms with Crippen LogP contribution in [0.4, 0.5) is 4.79 Å². The van der Waals surface area contributed by atoms with Crippen LogP contribution in [0.3, 0.4) is 0 Å². The number of carbonyl (C=O) groups excluding carboxylic acids is 2. The number of hydrogen-bond donors (Lipinski definition) is 0. The van der Waals surface area contributed by atoms with Gasteiger partial charge < -0.3 is 23.8 Å². The quantitative estimate of drug-likeness (QED) is 0.262. The van der Waals surface area contributed by atoms with Gasteiger partial charge in [-0.05, 0) is 59.3 Å². The van der Waals surface area contributed by atoms with Crippen LogP contribution in [0.15, 0.2) is 0 Å². The molecule has 0 radical (unpaired) electrons. The summed E-state index contributed by atoms with van der Waals surface area (Å²) in [6, 6.07) is 0.0855. The molecule has 1 heterocycles. The lowest BCUT2D eigenvalue weighted by molar-refractivity contribution is -0.162. The third-order valence-corrected chi connectivity index (χ3v) is 5.20. The molecule has 1 rings (SSSR count). The van der Waals surface area contributed by atoms with Crippen LogP contribution in [-0.4, -0.2) is 61.3 Å². The highest BCUT2D eigenvalue weighted by atomic mass is 16.7. The summed E-state index contributed by atoms with van der Waals surface area (Å²) in [5.74, 6) is -0.336. The van der Waals surface area contributed by atoms with Crippen LogP contribution in [0.2, 0.25) is 0 Å². The third kappa shape index (κ3) is 13.6. The van der Waals surface area contributed by atoms with E-state index in [1.165, 1.54) is 13.3 Å². The van der Waals surface area contributed by atoms with Crippen LogP contribution in [0, 0.1) is 0 Å². The Morgan fingerprint density at radius 2 is 1.81 bits per heavy atom. The lowest BCUT2D eigenvalue weighted by Gasteiger charge is -2.33. The van der Waals surface area contributed by atoms with Crippen LogP contribution in [0.1, 0.15) is 98.8 Å². The molecule has 0 N–H and O–H groups in total. The number of esters is 1. The molecule has 182 valence electrons. The summed E-state index contributed by atoms with van der Waals surface area (Å²) in [5, 5.41) is 0. The van der Waals surface area contributed by atoms with E-state index in [-0.39, 0.29) is 31.0 Å². The van der Waals surface area contributed by atoms with Gasteiger partial charge in [-0.1, -0.05) is 32.6 Å². The molecule has 0 bridgehead atoms. The number of nitrogens with zero attached hydrogens (tertiary/aromatic N) is 1. The van der Waals surface area contributed by atoms with E-state index in [0.717, 1.165) is 71.0 Å². The summed E-state index contributed by atoms with van der Waals surface area (Å²) in [6.45, 7) is 11.2. The molecule has 31 heavy (non-hydrogen) atoms. The van der Waals surface area contributed by atoms with E-state index in [1.807, 2.05) is 20.8 Å². The Morgan fingerprint density at radius 1 is 1.06 bits per heavy atom. The van der Waals surface area contributed by atoms with Gasteiger partial charge in [0.25, 0.3) is 0 Å². The summed E-state index contributed by atoms with van der Waals surface area (Å²) in [7, 11) is 0. The number of rotatable bonds is 14. The molecular weight excluding hydrogens is 398 g/mol. The van der Waals surface area contributed by atoms with Gasteiger partial charge in [0.1, 0.15) is 12.2 Å². The van der Waals surface area contributed by atoms with Crippen LogP contribution in [0.25, 0.3) is 0 Å². The third-order valence-electron chi connectivity index (χ3n) is 5.20. The molecule has 0 spiro atoms. The minimum atomic E-state index is -0.560. The maximum Gasteiger partial charge on any atom is 0.410 e. The molecule has 2 unspecified atom stereocenters. The van der Waals surface area contributed by atoms with Crippen molar-refractivity contribution < 1.29 is 28.5 Å². The summed E-state index contributed by atoms with van der Waals surface area (Å²) >= 11 is 0. The van der Waals surface area contributed by atoms with Crippen molar-refractivity contribution in [2.45, 2.75) is 117 Å². The van der Waals surface area contributed by atoms with Crippen LogP contribution < -0.4 is 0 Å². The molecule has 7 heteroatoms. The molecule has 1 amide bonds. The van der Waals surface area contributed by atoms with E-state index >= 15 is 0 Å². The largest absolute Gasteiger partial charge is 0.464 e. The Hall–Kier alpha value is -1.34. The first kappa shape index (κ1) is 27.7. The van der Waals surface area contributed by atoms with Crippen molar-refractivity contribution in [2.24, 2.45) is 0 Å². The first-order valence-electron chi connectivity index (χ1n) is 12.1. The predicted molar refractivity (Wildman–Crippen MR) is 121 cm³/mol. The van der Waals surface area contributed by atoms with E-state index in [9.17, 15) is 9.59 Å². The fraction of sp³-hybridized carbons (Fsp3) is 0.917. The second-order valence-corrected chi connectivity index (χ2v) is 9.33. The van der Waals surface area contributed by atoms with E-state index in [2.05, 4.69) is 6.92 Å². The predicted octanol–water partition coefficient (Wildman–Crippen LogP) is 5.45. The van der Waals surface area contributed by atoms with Gasteiger partial charge in [0.05, 0.1) is 6.54 Å². The molecule has 0 aliphatic carbocycles. The minimum Gasteiger partial charge on any atom is -0.464 e. The summed E-state index contributed by atoms with van der Waals surface area (Å²) in [6.07, 6.45) is 10.1. The molecular formula is C24H45NO6. The maximum atomic E-state index is 12.8. The number of amides is 1. The average Bonchev–Trinajstić information content (AvgIpc) is 2.69. The van der Waals surface area contributed by atoms with Gasteiger partial charge in [0.2, 0.25) is 0 Å². The van der Waals surface area contributed by atoms with Gasteiger partial charge in [-0.2, -0.15) is 0 Å². The standard InChI is InChI=1S/C24H45NO6/c1-6-13-21(14-9-7-8-11-17-29-22-15-10-12-18-30-22)25(16-19-28-20(2)26)23(27)31-24(3,4)5/h21-22H,6-19H2,1-5H3. The Labute approximate surface area is 189 Å². The van der Waals surface area contributed by atoms with Gasteiger partial charge in [-0.3, -0.25) is 4.79 Å². The zero-order chi connectivity index (χ0) is 23.1. The Kier molecular flexibility index (Phi) is 13.8. The molecule has 1 fully saturated rings. The van der Waals surface area contributed by atoms with Gasteiger partial charge >= 0.3 is 12.1 Å². The summed E-state index contributed by atoms with van der Waals surface area (Å²) in [4.78, 5) is 25.7. The first-order valence-corrected chi connectivity index (χ1v) is 12.1. The Balaban J connectivity index is 2.43. The zero-order valence-corrected chi connectivity index (χ0v) is 20.5. The van der Waals surface area contributed by atoms with Crippen molar-refractivity contribution in [3.05, 3.63) is 0 Å². The minimum absolute atomic E-state index is 0.0118. The van der Waals surface area contributed by atoms with Crippen LogP contribution in [0.5, 0.6) is 0 Å². The van der Waals surface area contributed by atoms with E-state index in [0.29, 0.717) is 6.54 Å². The molecule has 2 atom stereocenters. The summed E-state index contributed by atoms with van der Waals surface area (Å²) in [5.41, 5.74) is -0.560. The van der Waals surface area contributed by atoms with Gasteiger partial charge in [0.15, 0.2) is 6.29 Å². The monoisotopic (exact) mass is 443 g/mol. The molecule has 1 saturated heterocycles. The van der Waals surface area contributed by atoms with Crippen molar-refractivity contribution in [1.82, 2.24) is 4.90 Å². The lowest BCUT2D eigenvalue weighted by Crippen LogP contribution is -2.45. The Morgan fingerprint density at radius 3 is 2.42 bits per heavy atom. The fourth-order valence-electron chi connectivity index (χ4n) is 3.71. The highest BCUT2D eigenvalue weighted by molar-refractivity contribution is 5.69. The maximum absolute atomic E-state index is 12.8. The van der Waals surface area contributed by atoms with Crippen molar-refractivity contribution in [3.8, 4) is 0 Å². The van der Waals surface area contributed by atoms with Gasteiger partial charge in [-0.15, -0.1) is 0 Å². The number of carbonyl (C=O) groups is 2. The van der Waals surface area contributed by atoms with E-state index < -0.39 is 5.60 Å². The lowest BCUT2D eigenvalue weighted by atomic mass is 10.0. The highest BCUT2D eigenvalue weighted by Gasteiger charge is 2.27. The van der Waals surface area contributed by atoms with E-state index in [1.54, 1.807) is 4.90 Å². The van der Waals surface area contributed by atoms with Crippen molar-refractivity contribution in [3.63, 3.8) is 0 Å². The van der Waals surface area contributed by atoms with Crippen molar-refractivity contribution in [1.29, 1.82) is 0 Å². The van der Waals surface area contributed by atoms with Gasteiger partial charge in [-0.25, -0.2) is 4.79 Å². The molecule has 1 aliphatic rings. The fourth-order valence-corrected chi connectivity index (χ4v) is 3.71. The van der Waals surface area contributed by atoms with Crippen LogP contribution >= 0.6 is 0 Å². The summed E-state index contributed by atoms with van der Waals surface area (Å²) < 4.78 is 22.1. The molecule has 0 aromatic heterocycles. The smallest absolute Gasteiger partial charge is 0.410 e. The highest BCUT2D eigenvalue weighted by Crippen LogP contribution is 2.20. The van der Waals surface area contributed by atoms with Gasteiger partial charge in [0, 0.05) is 26.2 Å². The molecule has 0 saturated carbocycles. The van der Waals surface area contributed by atoms with Crippen LogP contribution in [-0.2, 0) is 23.7 Å². The topological polar surface area (TPSA) is 74.3 Å². The molecule has 7 nitrogen and oxygen atoms in total. The zero-order valence-electron chi connectivity index (χ0n) is 20.5. The number of ether oxygens (including phenoxy) is 4. The average molecular weight is 444 g/mol. The Bertz CT molecular complexity index is 499. The molecule has 0 aromatic rings. The number of hydrogen-bond acceptors (Lipinski definition) is 6. The molecule has 1 aliphatic heterocycles. The van der Waals surface area contributed by atoms with Crippen molar-refractivity contribution >= 4 is 12.1 Å². The normalized spacial score (nSPS) is 17.8. The second kappa shape index (κ2) is 15.5. The number of unbranched alkanes of at least 4 members (excludes halogenated alkanes) is 3. The first-order chi connectivity index (χ1) is 14.7. The van der Waals surface area contributed by atoms with Crippen molar-refractivity contribution in [2.75, 3.05) is 26.4 Å². The second-order valence-electron chi connectivity index (χ2n) is 9.33. The molecule has 0 aromatic carbocycles.